The maximum Gasteiger partial charge on any atom is 0.338 e. The molecule has 0 radical (unpaired) electrons. The SMILES string of the molecule is CCOC(=O)C1=C(c2ccccc2)N=c2s/c(=C/c3cc(OC)ccc3OC)c(=O)n2C1c1c(OC)ccc2ccccc12. The van der Waals surface area contributed by atoms with Gasteiger partial charge in [-0.25, -0.2) is 9.79 Å². The van der Waals surface area contributed by atoms with Crippen LogP contribution in [0.3, 0.4) is 0 Å². The molecular formula is C35H30N2O6S. The average Bonchev–Trinajstić information content (AvgIpc) is 3.37. The molecule has 4 aromatic carbocycles. The Bertz CT molecular complexity index is 2100. The number of fused-ring (bicyclic) bond motifs is 2. The summed E-state index contributed by atoms with van der Waals surface area (Å²) in [5, 5.41) is 1.78. The first-order chi connectivity index (χ1) is 21.5. The Morgan fingerprint density at radius 2 is 1.64 bits per heavy atom. The molecule has 0 aliphatic carbocycles. The van der Waals surface area contributed by atoms with Gasteiger partial charge in [-0.3, -0.25) is 9.36 Å². The second kappa shape index (κ2) is 12.2. The fourth-order valence-electron chi connectivity index (χ4n) is 5.54. The topological polar surface area (TPSA) is 88.4 Å². The molecule has 1 unspecified atom stereocenters. The van der Waals surface area contributed by atoms with Gasteiger partial charge in [0.2, 0.25) is 0 Å². The number of carbonyl (C=O) groups is 1. The lowest BCUT2D eigenvalue weighted by molar-refractivity contribution is -0.138. The maximum atomic E-state index is 14.5. The third-order valence-corrected chi connectivity index (χ3v) is 8.50. The van der Waals surface area contributed by atoms with Crippen molar-refractivity contribution in [2.45, 2.75) is 13.0 Å². The Kier molecular flexibility index (Phi) is 8.04. The lowest BCUT2D eigenvalue weighted by Crippen LogP contribution is -2.40. The number of nitrogens with zero attached hydrogens (tertiary/aromatic N) is 2. The molecular weight excluding hydrogens is 576 g/mol. The van der Waals surface area contributed by atoms with E-state index in [0.29, 0.717) is 43.4 Å². The molecule has 0 saturated heterocycles. The number of hydrogen-bond donors (Lipinski definition) is 0. The number of methoxy groups -OCH3 is 3. The molecule has 1 aliphatic heterocycles. The summed E-state index contributed by atoms with van der Waals surface area (Å²) >= 11 is 1.24. The van der Waals surface area contributed by atoms with Crippen molar-refractivity contribution in [3.8, 4) is 17.2 Å². The zero-order valence-corrected chi connectivity index (χ0v) is 25.5. The number of rotatable bonds is 8. The smallest absolute Gasteiger partial charge is 0.338 e. The van der Waals surface area contributed by atoms with Gasteiger partial charge in [0.1, 0.15) is 23.3 Å². The molecule has 0 N–H and O–H groups in total. The second-order valence-electron chi connectivity index (χ2n) is 9.94. The van der Waals surface area contributed by atoms with Crippen molar-refractivity contribution < 1.29 is 23.7 Å². The van der Waals surface area contributed by atoms with Crippen LogP contribution in [0.1, 0.15) is 29.7 Å². The van der Waals surface area contributed by atoms with Gasteiger partial charge in [0.05, 0.1) is 43.7 Å². The van der Waals surface area contributed by atoms with Gasteiger partial charge in [0.15, 0.2) is 4.80 Å². The molecule has 5 aromatic rings. The summed E-state index contributed by atoms with van der Waals surface area (Å²) in [6, 6.07) is 25.6. The number of esters is 1. The van der Waals surface area contributed by atoms with E-state index < -0.39 is 12.0 Å². The summed E-state index contributed by atoms with van der Waals surface area (Å²) in [7, 11) is 4.74. The minimum absolute atomic E-state index is 0.157. The fourth-order valence-corrected chi connectivity index (χ4v) is 6.53. The maximum absolute atomic E-state index is 14.5. The quantitative estimate of drug-likeness (QED) is 0.228. The second-order valence-corrected chi connectivity index (χ2v) is 11.0. The highest BCUT2D eigenvalue weighted by Crippen LogP contribution is 2.42. The fraction of sp³-hybridized carbons (Fsp3) is 0.171. The van der Waals surface area contributed by atoms with Crippen molar-refractivity contribution in [3.63, 3.8) is 0 Å². The van der Waals surface area contributed by atoms with Gasteiger partial charge in [-0.1, -0.05) is 72.0 Å². The third-order valence-electron chi connectivity index (χ3n) is 7.52. The van der Waals surface area contributed by atoms with E-state index in [2.05, 4.69) is 0 Å². The molecule has 44 heavy (non-hydrogen) atoms. The van der Waals surface area contributed by atoms with E-state index in [4.69, 9.17) is 23.9 Å². The summed E-state index contributed by atoms with van der Waals surface area (Å²) in [6.07, 6.45) is 1.76. The van der Waals surface area contributed by atoms with Crippen molar-refractivity contribution in [1.29, 1.82) is 0 Å². The van der Waals surface area contributed by atoms with E-state index in [1.54, 1.807) is 51.0 Å². The highest BCUT2D eigenvalue weighted by Gasteiger charge is 2.37. The van der Waals surface area contributed by atoms with Crippen LogP contribution in [-0.2, 0) is 9.53 Å². The van der Waals surface area contributed by atoms with E-state index in [-0.39, 0.29) is 17.7 Å². The van der Waals surface area contributed by atoms with Crippen LogP contribution in [0, 0.1) is 0 Å². The molecule has 0 amide bonds. The van der Waals surface area contributed by atoms with E-state index >= 15 is 0 Å². The van der Waals surface area contributed by atoms with Crippen LogP contribution in [0.25, 0.3) is 22.5 Å². The molecule has 222 valence electrons. The van der Waals surface area contributed by atoms with Crippen LogP contribution in [0.15, 0.2) is 100 Å². The minimum atomic E-state index is -0.893. The number of ether oxygens (including phenoxy) is 4. The number of benzene rings is 4. The first-order valence-electron chi connectivity index (χ1n) is 14.0. The molecule has 8 nitrogen and oxygen atoms in total. The summed E-state index contributed by atoms with van der Waals surface area (Å²) in [6.45, 7) is 1.91. The Morgan fingerprint density at radius 1 is 0.909 bits per heavy atom. The first-order valence-corrected chi connectivity index (χ1v) is 14.9. The first kappa shape index (κ1) is 28.9. The van der Waals surface area contributed by atoms with Crippen molar-refractivity contribution in [2.24, 2.45) is 4.99 Å². The Labute approximate surface area is 257 Å². The normalized spacial score (nSPS) is 14.6. The van der Waals surface area contributed by atoms with Gasteiger partial charge >= 0.3 is 5.97 Å². The van der Waals surface area contributed by atoms with Crippen LogP contribution < -0.4 is 29.1 Å². The van der Waals surface area contributed by atoms with Gasteiger partial charge < -0.3 is 18.9 Å². The number of carbonyl (C=O) groups excluding carboxylic acids is 1. The number of aromatic nitrogens is 1. The molecule has 6 rings (SSSR count). The molecule has 0 bridgehead atoms. The molecule has 2 heterocycles. The lowest BCUT2D eigenvalue weighted by Gasteiger charge is -2.28. The highest BCUT2D eigenvalue weighted by molar-refractivity contribution is 7.07. The van der Waals surface area contributed by atoms with Crippen LogP contribution in [0.2, 0.25) is 0 Å². The number of hydrogen-bond acceptors (Lipinski definition) is 8. The van der Waals surface area contributed by atoms with Gasteiger partial charge in [0, 0.05) is 16.7 Å². The highest BCUT2D eigenvalue weighted by atomic mass is 32.1. The summed E-state index contributed by atoms with van der Waals surface area (Å²) in [5.41, 5.74) is 2.45. The lowest BCUT2D eigenvalue weighted by atomic mass is 9.89. The van der Waals surface area contributed by atoms with Gasteiger partial charge in [-0.05, 0) is 48.0 Å². The van der Waals surface area contributed by atoms with E-state index in [1.165, 1.54) is 11.3 Å². The summed E-state index contributed by atoms with van der Waals surface area (Å²) in [5.74, 6) is 1.19. The van der Waals surface area contributed by atoms with Crippen LogP contribution in [0.5, 0.6) is 17.2 Å². The molecule has 9 heteroatoms. The van der Waals surface area contributed by atoms with Crippen LogP contribution in [0.4, 0.5) is 0 Å². The van der Waals surface area contributed by atoms with E-state index in [9.17, 15) is 9.59 Å². The van der Waals surface area contributed by atoms with Gasteiger partial charge in [0.25, 0.3) is 5.56 Å². The largest absolute Gasteiger partial charge is 0.497 e. The molecule has 0 fully saturated rings. The molecule has 1 aliphatic rings. The molecule has 0 saturated carbocycles. The zero-order valence-electron chi connectivity index (χ0n) is 24.7. The predicted molar refractivity (Wildman–Crippen MR) is 171 cm³/mol. The molecule has 0 spiro atoms. The Morgan fingerprint density at radius 3 is 2.36 bits per heavy atom. The van der Waals surface area contributed by atoms with Crippen molar-refractivity contribution >= 4 is 39.9 Å². The van der Waals surface area contributed by atoms with Crippen molar-refractivity contribution in [2.75, 3.05) is 27.9 Å². The van der Waals surface area contributed by atoms with Crippen molar-refractivity contribution in [3.05, 3.63) is 127 Å². The molecule has 1 atom stereocenters. The standard InChI is InChI=1S/C35H30N2O6S/c1-5-43-34(39)30-31(22-12-7-6-8-13-22)36-35-37(32(30)29-25-14-10-9-11-21(25)15-17-27(29)42-4)33(38)28(44-35)20-23-19-24(40-2)16-18-26(23)41-3/h6-20,32H,5H2,1-4H3/b28-20+. The third kappa shape index (κ3) is 5.05. The Hall–Kier alpha value is -5.15. The van der Waals surface area contributed by atoms with Gasteiger partial charge in [-0.15, -0.1) is 0 Å². The predicted octanol–water partition coefficient (Wildman–Crippen LogP) is 5.11. The Balaban J connectivity index is 1.74. The van der Waals surface area contributed by atoms with Crippen LogP contribution in [-0.4, -0.2) is 38.5 Å². The molecule has 1 aromatic heterocycles. The minimum Gasteiger partial charge on any atom is -0.497 e. The summed E-state index contributed by atoms with van der Waals surface area (Å²) in [4.78, 5) is 33.8. The summed E-state index contributed by atoms with van der Waals surface area (Å²) < 4.78 is 24.5. The number of thiazole rings is 1. The average molecular weight is 607 g/mol. The monoisotopic (exact) mass is 606 g/mol. The van der Waals surface area contributed by atoms with E-state index in [1.807, 2.05) is 72.8 Å². The zero-order chi connectivity index (χ0) is 30.8. The van der Waals surface area contributed by atoms with E-state index in [0.717, 1.165) is 16.3 Å². The van der Waals surface area contributed by atoms with Crippen LogP contribution >= 0.6 is 11.3 Å². The van der Waals surface area contributed by atoms with Gasteiger partial charge in [-0.2, -0.15) is 0 Å². The van der Waals surface area contributed by atoms with Crippen molar-refractivity contribution in [1.82, 2.24) is 4.57 Å².